The van der Waals surface area contributed by atoms with Crippen molar-refractivity contribution < 1.29 is 4.79 Å². The largest absolute Gasteiger partial charge is 0.353 e. The molecule has 30 heavy (non-hydrogen) atoms. The number of hydrogen-bond donors (Lipinski definition) is 1. The number of amides is 1. The van der Waals surface area contributed by atoms with Crippen LogP contribution < -0.4 is 5.32 Å². The number of benzene rings is 2. The van der Waals surface area contributed by atoms with Crippen LogP contribution in [-0.4, -0.2) is 16.9 Å². The summed E-state index contributed by atoms with van der Waals surface area (Å²) in [6.45, 7) is 4.24. The summed E-state index contributed by atoms with van der Waals surface area (Å²) in [5.41, 5.74) is 2.29. The van der Waals surface area contributed by atoms with Gasteiger partial charge in [0.1, 0.15) is 0 Å². The van der Waals surface area contributed by atoms with Gasteiger partial charge in [-0.3, -0.25) is 4.79 Å². The first kappa shape index (κ1) is 19.7. The highest BCUT2D eigenvalue weighted by Gasteiger charge is 2.42. The number of hydrogen-bond acceptors (Lipinski definition) is 3. The minimum absolute atomic E-state index is 0.147. The van der Waals surface area contributed by atoms with Crippen LogP contribution in [0.5, 0.6) is 0 Å². The molecule has 2 bridgehead atoms. The molecule has 4 unspecified atom stereocenters. The van der Waals surface area contributed by atoms with E-state index in [4.69, 9.17) is 4.98 Å². The molecule has 1 aromatic heterocycles. The molecule has 2 aromatic carbocycles. The van der Waals surface area contributed by atoms with Crippen molar-refractivity contribution in [1.29, 1.82) is 0 Å². The molecule has 156 valence electrons. The first-order valence-corrected chi connectivity index (χ1v) is 12.1. The van der Waals surface area contributed by atoms with E-state index in [1.807, 2.05) is 6.92 Å². The van der Waals surface area contributed by atoms with E-state index in [0.29, 0.717) is 12.3 Å². The molecule has 0 aliphatic heterocycles. The highest BCUT2D eigenvalue weighted by Crippen LogP contribution is 2.49. The molecule has 0 spiro atoms. The number of carbonyl (C=O) groups excluding carboxylic acids is 1. The van der Waals surface area contributed by atoms with E-state index in [1.54, 1.807) is 11.3 Å². The summed E-state index contributed by atoms with van der Waals surface area (Å²) in [6.07, 6.45) is 6.72. The zero-order valence-corrected chi connectivity index (χ0v) is 18.7. The number of aromatic nitrogens is 1. The van der Waals surface area contributed by atoms with Crippen LogP contribution in [-0.2, 0) is 17.6 Å². The van der Waals surface area contributed by atoms with Gasteiger partial charge < -0.3 is 5.32 Å². The number of nitrogens with one attached hydrogen (secondary N) is 1. The van der Waals surface area contributed by atoms with Gasteiger partial charge in [0.05, 0.1) is 17.1 Å². The maximum absolute atomic E-state index is 12.7. The third-order valence-electron chi connectivity index (χ3n) is 7.30. The zero-order chi connectivity index (χ0) is 20.7. The number of nitrogens with zero attached hydrogens (tertiary/aromatic N) is 1. The Labute approximate surface area is 182 Å². The molecule has 1 heterocycles. The Morgan fingerprint density at radius 3 is 2.80 bits per heavy atom. The smallest absolute Gasteiger partial charge is 0.225 e. The van der Waals surface area contributed by atoms with E-state index >= 15 is 0 Å². The Balaban J connectivity index is 1.24. The molecule has 1 amide bonds. The number of carbonyl (C=O) groups is 1. The van der Waals surface area contributed by atoms with Crippen molar-refractivity contribution in [3.8, 4) is 0 Å². The minimum atomic E-state index is 0.147. The maximum Gasteiger partial charge on any atom is 0.225 e. The second-order valence-corrected chi connectivity index (χ2v) is 10.5. The highest BCUT2D eigenvalue weighted by atomic mass is 32.1. The normalized spacial score (nSPS) is 23.7. The molecule has 2 fully saturated rings. The average molecular weight is 419 g/mol. The van der Waals surface area contributed by atoms with Crippen molar-refractivity contribution in [2.24, 2.45) is 17.8 Å². The van der Waals surface area contributed by atoms with Crippen LogP contribution in [0.1, 0.15) is 53.7 Å². The number of rotatable bonds is 6. The number of thiazole rings is 1. The summed E-state index contributed by atoms with van der Waals surface area (Å²) >= 11 is 1.69. The van der Waals surface area contributed by atoms with Crippen LogP contribution >= 0.6 is 11.3 Å². The Morgan fingerprint density at radius 2 is 2.00 bits per heavy atom. The van der Waals surface area contributed by atoms with Gasteiger partial charge in [-0.05, 0) is 67.2 Å². The molecule has 4 heteroatoms. The molecular formula is C26H30N2OS. The quantitative estimate of drug-likeness (QED) is 0.560. The third-order valence-corrected chi connectivity index (χ3v) is 8.46. The number of fused-ring (bicyclic) bond motifs is 3. The maximum atomic E-state index is 12.7. The lowest BCUT2D eigenvalue weighted by atomic mass is 9.84. The van der Waals surface area contributed by atoms with Crippen LogP contribution in [0, 0.1) is 24.7 Å². The molecule has 2 aliphatic rings. The van der Waals surface area contributed by atoms with Crippen molar-refractivity contribution >= 4 is 28.0 Å². The van der Waals surface area contributed by atoms with Gasteiger partial charge in [-0.25, -0.2) is 4.98 Å². The lowest BCUT2D eigenvalue weighted by Crippen LogP contribution is -2.40. The molecule has 0 saturated heterocycles. The van der Waals surface area contributed by atoms with Gasteiger partial charge >= 0.3 is 0 Å². The molecule has 2 aliphatic carbocycles. The van der Waals surface area contributed by atoms with E-state index < -0.39 is 0 Å². The van der Waals surface area contributed by atoms with E-state index in [2.05, 4.69) is 54.7 Å². The first-order valence-electron chi connectivity index (χ1n) is 11.3. The minimum Gasteiger partial charge on any atom is -0.353 e. The predicted molar refractivity (Wildman–Crippen MR) is 124 cm³/mol. The fourth-order valence-electron chi connectivity index (χ4n) is 5.80. The summed E-state index contributed by atoms with van der Waals surface area (Å²) in [5.74, 6) is 2.58. The summed E-state index contributed by atoms with van der Waals surface area (Å²) in [5, 5.41) is 6.94. The van der Waals surface area contributed by atoms with Gasteiger partial charge in [-0.15, -0.1) is 11.3 Å². The lowest BCUT2D eigenvalue weighted by Gasteiger charge is -2.28. The van der Waals surface area contributed by atoms with Crippen LogP contribution in [0.3, 0.4) is 0 Å². The molecule has 3 nitrogen and oxygen atoms in total. The van der Waals surface area contributed by atoms with Crippen molar-refractivity contribution in [1.82, 2.24) is 10.3 Å². The standard InChI is InChI=1S/C26H30N2OS/c1-16(23-13-18-10-11-21(23)12-18)27-25(29)15-24-17(2)28-26(30-24)14-20-8-5-7-19-6-3-4-9-22(19)20/h3-9,16,18,21,23H,10-15H2,1-2H3,(H,27,29). The van der Waals surface area contributed by atoms with Crippen LogP contribution in [0.4, 0.5) is 0 Å². The molecule has 5 rings (SSSR count). The number of aryl methyl sites for hydroxylation is 1. The highest BCUT2D eigenvalue weighted by molar-refractivity contribution is 7.11. The van der Waals surface area contributed by atoms with Crippen LogP contribution in [0.25, 0.3) is 10.8 Å². The molecule has 4 atom stereocenters. The molecule has 0 radical (unpaired) electrons. The average Bonchev–Trinajstić information content (AvgIpc) is 3.45. The van der Waals surface area contributed by atoms with E-state index in [1.165, 1.54) is 42.0 Å². The Hall–Kier alpha value is -2.20. The zero-order valence-electron chi connectivity index (χ0n) is 17.9. The van der Waals surface area contributed by atoms with Gasteiger partial charge in [0.15, 0.2) is 0 Å². The van der Waals surface area contributed by atoms with Crippen LogP contribution in [0.2, 0.25) is 0 Å². The van der Waals surface area contributed by atoms with Gasteiger partial charge in [-0.1, -0.05) is 48.9 Å². The molecule has 3 aromatic rings. The first-order chi connectivity index (χ1) is 14.6. The van der Waals surface area contributed by atoms with Gasteiger partial charge in [-0.2, -0.15) is 0 Å². The van der Waals surface area contributed by atoms with Crippen molar-refractivity contribution in [2.75, 3.05) is 0 Å². The van der Waals surface area contributed by atoms with Crippen molar-refractivity contribution in [3.63, 3.8) is 0 Å². The van der Waals surface area contributed by atoms with Gasteiger partial charge in [0.2, 0.25) is 5.91 Å². The predicted octanol–water partition coefficient (Wildman–Crippen LogP) is 5.68. The fraction of sp³-hybridized carbons (Fsp3) is 0.462. The monoisotopic (exact) mass is 418 g/mol. The Morgan fingerprint density at radius 1 is 1.17 bits per heavy atom. The Bertz CT molecular complexity index is 1070. The van der Waals surface area contributed by atoms with Crippen LogP contribution in [0.15, 0.2) is 42.5 Å². The summed E-state index contributed by atoms with van der Waals surface area (Å²) < 4.78 is 0. The SMILES string of the molecule is Cc1nc(Cc2cccc3ccccc23)sc1CC(=O)NC(C)C1CC2CCC1C2. The lowest BCUT2D eigenvalue weighted by molar-refractivity contribution is -0.121. The summed E-state index contributed by atoms with van der Waals surface area (Å²) in [7, 11) is 0. The third kappa shape index (κ3) is 3.90. The topological polar surface area (TPSA) is 42.0 Å². The second kappa shape index (κ2) is 8.14. The van der Waals surface area contributed by atoms with E-state index in [9.17, 15) is 4.79 Å². The van der Waals surface area contributed by atoms with Crippen molar-refractivity contribution in [3.05, 3.63) is 63.6 Å². The second-order valence-electron chi connectivity index (χ2n) is 9.30. The summed E-state index contributed by atoms with van der Waals surface area (Å²) in [4.78, 5) is 18.6. The fourth-order valence-corrected chi connectivity index (χ4v) is 6.89. The Kier molecular flexibility index (Phi) is 5.36. The molecule has 1 N–H and O–H groups in total. The van der Waals surface area contributed by atoms with Gasteiger partial charge in [0, 0.05) is 17.3 Å². The summed E-state index contributed by atoms with van der Waals surface area (Å²) in [6, 6.07) is 15.2. The molecular weight excluding hydrogens is 388 g/mol. The molecule has 2 saturated carbocycles. The van der Waals surface area contributed by atoms with Crippen molar-refractivity contribution in [2.45, 2.75) is 58.4 Å². The van der Waals surface area contributed by atoms with Gasteiger partial charge in [0.25, 0.3) is 0 Å². The van der Waals surface area contributed by atoms with E-state index in [0.717, 1.165) is 33.8 Å². The van der Waals surface area contributed by atoms with E-state index in [-0.39, 0.29) is 11.9 Å².